The minimum Gasteiger partial charge on any atom is -0.406 e. The van der Waals surface area contributed by atoms with Crippen molar-refractivity contribution in [2.45, 2.75) is 32.3 Å². The molecule has 1 aromatic carbocycles. The Morgan fingerprint density at radius 2 is 1.74 bits per heavy atom. The maximum atomic E-state index is 12.0. The molecule has 0 spiro atoms. The van der Waals surface area contributed by atoms with Crippen molar-refractivity contribution >= 4 is 0 Å². The maximum absolute atomic E-state index is 12.0. The molecule has 6 heteroatoms. The smallest absolute Gasteiger partial charge is 0.406 e. The second-order valence-electron chi connectivity index (χ2n) is 4.36. The van der Waals surface area contributed by atoms with Crippen LogP contribution in [0.4, 0.5) is 13.2 Å². The lowest BCUT2D eigenvalue weighted by atomic mass is 10.1. The van der Waals surface area contributed by atoms with Gasteiger partial charge >= 0.3 is 6.36 Å². The minimum atomic E-state index is -4.65. The molecule has 2 unspecified atom stereocenters. The quantitative estimate of drug-likeness (QED) is 0.865. The molecule has 2 atom stereocenters. The van der Waals surface area contributed by atoms with Crippen LogP contribution in [0.3, 0.4) is 0 Å². The Bertz CT molecular complexity index is 378. The number of rotatable bonds is 6. The van der Waals surface area contributed by atoms with Crippen LogP contribution in [0.2, 0.25) is 0 Å². The van der Waals surface area contributed by atoms with Gasteiger partial charge in [-0.2, -0.15) is 0 Å². The lowest BCUT2D eigenvalue weighted by molar-refractivity contribution is -0.274. The molecule has 1 N–H and O–H groups in total. The number of methoxy groups -OCH3 is 1. The van der Waals surface area contributed by atoms with E-state index in [1.807, 2.05) is 13.8 Å². The summed E-state index contributed by atoms with van der Waals surface area (Å²) >= 11 is 0. The summed E-state index contributed by atoms with van der Waals surface area (Å²) in [4.78, 5) is 0. The van der Waals surface area contributed by atoms with E-state index >= 15 is 0 Å². The van der Waals surface area contributed by atoms with E-state index in [2.05, 4.69) is 10.1 Å². The van der Waals surface area contributed by atoms with Crippen LogP contribution in [0.25, 0.3) is 0 Å². The summed E-state index contributed by atoms with van der Waals surface area (Å²) in [5.41, 5.74) is 0.887. The molecule has 0 heterocycles. The Morgan fingerprint density at radius 1 is 1.16 bits per heavy atom. The Balaban J connectivity index is 2.60. The zero-order chi connectivity index (χ0) is 14.5. The molecule has 0 aliphatic rings. The van der Waals surface area contributed by atoms with Gasteiger partial charge in [-0.15, -0.1) is 13.2 Å². The summed E-state index contributed by atoms with van der Waals surface area (Å²) in [7, 11) is 1.62. The van der Waals surface area contributed by atoms with Crippen LogP contribution in [0, 0.1) is 0 Å². The number of hydrogen-bond acceptors (Lipinski definition) is 3. The topological polar surface area (TPSA) is 30.5 Å². The first-order valence-electron chi connectivity index (χ1n) is 5.92. The second kappa shape index (κ2) is 6.77. The standard InChI is InChI=1S/C13H18F3NO2/c1-9(8-18-3)17-10(2)11-4-6-12(7-5-11)19-13(14,15)16/h4-7,9-10,17H,8H2,1-3H3. The first-order chi connectivity index (χ1) is 8.81. The third-order valence-electron chi connectivity index (χ3n) is 2.56. The van der Waals surface area contributed by atoms with Crippen LogP contribution < -0.4 is 10.1 Å². The Labute approximate surface area is 110 Å². The van der Waals surface area contributed by atoms with Crippen LogP contribution in [0.1, 0.15) is 25.5 Å². The molecule has 0 bridgehead atoms. The third kappa shape index (κ3) is 5.94. The molecule has 0 amide bonds. The van der Waals surface area contributed by atoms with Gasteiger partial charge in [-0.1, -0.05) is 12.1 Å². The molecule has 1 rings (SSSR count). The van der Waals surface area contributed by atoms with Gasteiger partial charge in [-0.05, 0) is 31.5 Å². The van der Waals surface area contributed by atoms with Gasteiger partial charge in [0.25, 0.3) is 0 Å². The van der Waals surface area contributed by atoms with E-state index in [9.17, 15) is 13.2 Å². The van der Waals surface area contributed by atoms with Crippen molar-refractivity contribution in [3.8, 4) is 5.75 Å². The van der Waals surface area contributed by atoms with Crippen LogP contribution >= 0.6 is 0 Å². The molecular weight excluding hydrogens is 259 g/mol. The molecule has 0 aliphatic heterocycles. The average Bonchev–Trinajstić information content (AvgIpc) is 2.27. The summed E-state index contributed by atoms with van der Waals surface area (Å²) < 4.78 is 44.8. The van der Waals surface area contributed by atoms with Crippen molar-refractivity contribution in [3.63, 3.8) is 0 Å². The largest absolute Gasteiger partial charge is 0.573 e. The molecule has 0 radical (unpaired) electrons. The van der Waals surface area contributed by atoms with Gasteiger partial charge in [-0.25, -0.2) is 0 Å². The Morgan fingerprint density at radius 3 is 2.21 bits per heavy atom. The fourth-order valence-electron chi connectivity index (χ4n) is 1.78. The van der Waals surface area contributed by atoms with Crippen molar-refractivity contribution < 1.29 is 22.6 Å². The predicted molar refractivity (Wildman–Crippen MR) is 66.0 cm³/mol. The molecule has 108 valence electrons. The number of halogens is 3. The lowest BCUT2D eigenvalue weighted by Crippen LogP contribution is -2.32. The molecular formula is C13H18F3NO2. The summed E-state index contributed by atoms with van der Waals surface area (Å²) in [6, 6.07) is 6.01. The molecule has 0 saturated carbocycles. The molecule has 0 aliphatic carbocycles. The zero-order valence-electron chi connectivity index (χ0n) is 11.1. The maximum Gasteiger partial charge on any atom is 0.573 e. The van der Waals surface area contributed by atoms with E-state index in [1.54, 1.807) is 19.2 Å². The molecule has 0 saturated heterocycles. The lowest BCUT2D eigenvalue weighted by Gasteiger charge is -2.20. The summed E-state index contributed by atoms with van der Waals surface area (Å²) in [5.74, 6) is -0.214. The Hall–Kier alpha value is -1.27. The Kier molecular flexibility index (Phi) is 5.62. The van der Waals surface area contributed by atoms with Gasteiger partial charge in [0.1, 0.15) is 5.75 Å². The highest BCUT2D eigenvalue weighted by Crippen LogP contribution is 2.24. The van der Waals surface area contributed by atoms with Gasteiger partial charge in [0, 0.05) is 19.2 Å². The molecule has 1 aromatic rings. The van der Waals surface area contributed by atoms with Crippen molar-refractivity contribution in [3.05, 3.63) is 29.8 Å². The van der Waals surface area contributed by atoms with Gasteiger partial charge in [0.15, 0.2) is 0 Å². The summed E-state index contributed by atoms with van der Waals surface area (Å²) in [6.07, 6.45) is -4.65. The van der Waals surface area contributed by atoms with Gasteiger partial charge in [0.05, 0.1) is 6.61 Å². The number of nitrogens with one attached hydrogen (secondary N) is 1. The zero-order valence-corrected chi connectivity index (χ0v) is 11.1. The molecule has 19 heavy (non-hydrogen) atoms. The van der Waals surface area contributed by atoms with E-state index in [1.165, 1.54) is 12.1 Å². The van der Waals surface area contributed by atoms with E-state index in [4.69, 9.17) is 4.74 Å². The highest BCUT2D eigenvalue weighted by Gasteiger charge is 2.31. The number of ether oxygens (including phenoxy) is 2. The van der Waals surface area contributed by atoms with Crippen LogP contribution in [0.15, 0.2) is 24.3 Å². The second-order valence-corrected chi connectivity index (χ2v) is 4.36. The monoisotopic (exact) mass is 277 g/mol. The first kappa shape index (κ1) is 15.8. The number of alkyl halides is 3. The predicted octanol–water partition coefficient (Wildman–Crippen LogP) is 3.27. The fraction of sp³-hybridized carbons (Fsp3) is 0.538. The normalized spacial score (nSPS) is 15.1. The van der Waals surface area contributed by atoms with Crippen LogP contribution in [0.5, 0.6) is 5.75 Å². The summed E-state index contributed by atoms with van der Waals surface area (Å²) in [5, 5.41) is 3.28. The van der Waals surface area contributed by atoms with Crippen LogP contribution in [-0.2, 0) is 4.74 Å². The first-order valence-corrected chi connectivity index (χ1v) is 5.92. The van der Waals surface area contributed by atoms with E-state index in [-0.39, 0.29) is 17.8 Å². The number of benzene rings is 1. The third-order valence-corrected chi connectivity index (χ3v) is 2.56. The molecule has 3 nitrogen and oxygen atoms in total. The minimum absolute atomic E-state index is 0.0186. The van der Waals surface area contributed by atoms with Crippen molar-refractivity contribution in [2.24, 2.45) is 0 Å². The highest BCUT2D eigenvalue weighted by atomic mass is 19.4. The van der Waals surface area contributed by atoms with Gasteiger partial charge in [-0.3, -0.25) is 0 Å². The van der Waals surface area contributed by atoms with Crippen molar-refractivity contribution in [1.82, 2.24) is 5.32 Å². The highest BCUT2D eigenvalue weighted by molar-refractivity contribution is 5.29. The number of hydrogen-bond donors (Lipinski definition) is 1. The van der Waals surface area contributed by atoms with Crippen molar-refractivity contribution in [1.29, 1.82) is 0 Å². The van der Waals surface area contributed by atoms with Gasteiger partial charge in [0.2, 0.25) is 0 Å². The van der Waals surface area contributed by atoms with E-state index in [0.717, 1.165) is 5.56 Å². The molecule has 0 aromatic heterocycles. The average molecular weight is 277 g/mol. The van der Waals surface area contributed by atoms with Crippen LogP contribution in [-0.4, -0.2) is 26.1 Å². The molecule has 0 fully saturated rings. The van der Waals surface area contributed by atoms with Gasteiger partial charge < -0.3 is 14.8 Å². The summed E-state index contributed by atoms with van der Waals surface area (Å²) in [6.45, 7) is 4.48. The van der Waals surface area contributed by atoms with E-state index < -0.39 is 6.36 Å². The fourth-order valence-corrected chi connectivity index (χ4v) is 1.78. The van der Waals surface area contributed by atoms with Crippen molar-refractivity contribution in [2.75, 3.05) is 13.7 Å². The SMILES string of the molecule is COCC(C)NC(C)c1ccc(OC(F)(F)F)cc1. The van der Waals surface area contributed by atoms with E-state index in [0.29, 0.717) is 6.61 Å².